The summed E-state index contributed by atoms with van der Waals surface area (Å²) in [6.07, 6.45) is -0.386. The normalized spacial score (nSPS) is 10.5. The highest BCUT2D eigenvalue weighted by atomic mass is 16.4. The summed E-state index contributed by atoms with van der Waals surface area (Å²) in [4.78, 5) is 24.0. The molecule has 1 heterocycles. The highest BCUT2D eigenvalue weighted by Crippen LogP contribution is 2.29. The molecule has 0 amide bonds. The summed E-state index contributed by atoms with van der Waals surface area (Å²) in [7, 11) is 0. The molecule has 0 saturated carbocycles. The van der Waals surface area contributed by atoms with Gasteiger partial charge in [0.1, 0.15) is 5.75 Å². The molecule has 0 atom stereocenters. The largest absolute Gasteiger partial charge is 0.506 e. The average molecular weight is 321 g/mol. The molecule has 0 bridgehead atoms. The smallest absolute Gasteiger partial charge is 0.309 e. The standard InChI is InChI=1S/C19H15NO4/c21-17-11-16(19(24)13-7-3-1-4-8-13)20(15(17)12-18(22)23)14-9-5-2-6-10-14/h1-11,21H,12H2,(H,22,23). The van der Waals surface area contributed by atoms with Crippen LogP contribution in [0.3, 0.4) is 0 Å². The van der Waals surface area contributed by atoms with Crippen molar-refractivity contribution in [1.82, 2.24) is 4.57 Å². The van der Waals surface area contributed by atoms with Gasteiger partial charge in [0, 0.05) is 17.3 Å². The summed E-state index contributed by atoms with van der Waals surface area (Å²) in [5.74, 6) is -1.58. The summed E-state index contributed by atoms with van der Waals surface area (Å²) >= 11 is 0. The Balaban J connectivity index is 2.19. The Morgan fingerprint density at radius 3 is 2.08 bits per heavy atom. The van der Waals surface area contributed by atoms with Gasteiger partial charge in [0.2, 0.25) is 5.78 Å². The molecule has 2 aromatic carbocycles. The van der Waals surface area contributed by atoms with Crippen LogP contribution in [0.2, 0.25) is 0 Å². The van der Waals surface area contributed by atoms with Gasteiger partial charge in [-0.3, -0.25) is 9.59 Å². The SMILES string of the molecule is O=C(O)Cc1c(O)cc(C(=O)c2ccccc2)n1-c1ccccc1. The van der Waals surface area contributed by atoms with Crippen LogP contribution in [0.5, 0.6) is 5.75 Å². The van der Waals surface area contributed by atoms with Gasteiger partial charge in [0.25, 0.3) is 0 Å². The average Bonchev–Trinajstić information content (AvgIpc) is 2.92. The molecule has 24 heavy (non-hydrogen) atoms. The molecule has 0 aliphatic carbocycles. The van der Waals surface area contributed by atoms with E-state index in [0.717, 1.165) is 0 Å². The molecule has 120 valence electrons. The van der Waals surface area contributed by atoms with E-state index in [1.807, 2.05) is 6.07 Å². The second-order valence-electron chi connectivity index (χ2n) is 5.30. The quantitative estimate of drug-likeness (QED) is 0.708. The first-order chi connectivity index (χ1) is 11.6. The van der Waals surface area contributed by atoms with Gasteiger partial charge in [-0.15, -0.1) is 0 Å². The van der Waals surface area contributed by atoms with Crippen LogP contribution in [0.1, 0.15) is 21.7 Å². The van der Waals surface area contributed by atoms with Crippen molar-refractivity contribution >= 4 is 11.8 Å². The van der Waals surface area contributed by atoms with Crippen LogP contribution in [0.4, 0.5) is 0 Å². The van der Waals surface area contributed by atoms with Gasteiger partial charge in [0.05, 0.1) is 17.8 Å². The predicted octanol–water partition coefficient (Wildman–Crippen LogP) is 3.04. The maximum Gasteiger partial charge on any atom is 0.309 e. The third-order valence-corrected chi connectivity index (χ3v) is 3.68. The molecule has 0 fully saturated rings. The molecule has 0 saturated heterocycles. The van der Waals surface area contributed by atoms with E-state index >= 15 is 0 Å². The fourth-order valence-electron chi connectivity index (χ4n) is 2.63. The van der Waals surface area contributed by atoms with Crippen molar-refractivity contribution in [2.45, 2.75) is 6.42 Å². The van der Waals surface area contributed by atoms with Crippen LogP contribution < -0.4 is 0 Å². The lowest BCUT2D eigenvalue weighted by Crippen LogP contribution is -2.13. The van der Waals surface area contributed by atoms with Gasteiger partial charge in [-0.05, 0) is 12.1 Å². The maximum absolute atomic E-state index is 12.8. The number of aromatic nitrogens is 1. The first-order valence-corrected chi connectivity index (χ1v) is 7.38. The second-order valence-corrected chi connectivity index (χ2v) is 5.30. The van der Waals surface area contributed by atoms with Crippen molar-refractivity contribution in [2.75, 3.05) is 0 Å². The maximum atomic E-state index is 12.8. The van der Waals surface area contributed by atoms with E-state index in [1.165, 1.54) is 10.6 Å². The number of carbonyl (C=O) groups is 2. The summed E-state index contributed by atoms with van der Waals surface area (Å²) in [5, 5.41) is 19.3. The summed E-state index contributed by atoms with van der Waals surface area (Å²) < 4.78 is 1.50. The van der Waals surface area contributed by atoms with Crippen molar-refractivity contribution in [3.05, 3.63) is 83.7 Å². The van der Waals surface area contributed by atoms with E-state index < -0.39 is 5.97 Å². The monoisotopic (exact) mass is 321 g/mol. The topological polar surface area (TPSA) is 79.5 Å². The third-order valence-electron chi connectivity index (χ3n) is 3.68. The van der Waals surface area contributed by atoms with E-state index in [-0.39, 0.29) is 29.3 Å². The Kier molecular flexibility index (Phi) is 4.16. The number of carbonyl (C=O) groups excluding carboxylic acids is 1. The van der Waals surface area contributed by atoms with Crippen molar-refractivity contribution in [2.24, 2.45) is 0 Å². The van der Waals surface area contributed by atoms with Gasteiger partial charge >= 0.3 is 5.97 Å². The number of nitrogens with zero attached hydrogens (tertiary/aromatic N) is 1. The molecule has 0 aliphatic heterocycles. The van der Waals surface area contributed by atoms with Crippen molar-refractivity contribution in [1.29, 1.82) is 0 Å². The summed E-state index contributed by atoms with van der Waals surface area (Å²) in [6, 6.07) is 18.9. The molecule has 3 rings (SSSR count). The number of hydrogen-bond donors (Lipinski definition) is 2. The molecule has 3 aromatic rings. The number of benzene rings is 2. The van der Waals surface area contributed by atoms with Crippen LogP contribution in [-0.4, -0.2) is 26.5 Å². The van der Waals surface area contributed by atoms with E-state index in [0.29, 0.717) is 11.3 Å². The van der Waals surface area contributed by atoms with Crippen molar-refractivity contribution in [3.8, 4) is 11.4 Å². The minimum absolute atomic E-state index is 0.174. The summed E-state index contributed by atoms with van der Waals surface area (Å²) in [6.45, 7) is 0. The van der Waals surface area contributed by atoms with Crippen molar-refractivity contribution < 1.29 is 19.8 Å². The van der Waals surface area contributed by atoms with Gasteiger partial charge < -0.3 is 14.8 Å². The molecular formula is C19H15NO4. The zero-order valence-corrected chi connectivity index (χ0v) is 12.7. The Bertz CT molecular complexity index is 882. The van der Waals surface area contributed by atoms with Crippen LogP contribution in [-0.2, 0) is 11.2 Å². The van der Waals surface area contributed by atoms with Crippen LogP contribution in [0.15, 0.2) is 66.7 Å². The predicted molar refractivity (Wildman–Crippen MR) is 88.6 cm³/mol. The highest BCUT2D eigenvalue weighted by molar-refractivity contribution is 6.08. The molecule has 2 N–H and O–H groups in total. The minimum atomic E-state index is -1.08. The van der Waals surface area contributed by atoms with E-state index in [2.05, 4.69) is 0 Å². The molecule has 0 radical (unpaired) electrons. The lowest BCUT2D eigenvalue weighted by Gasteiger charge is -2.12. The molecule has 5 nitrogen and oxygen atoms in total. The summed E-state index contributed by atoms with van der Waals surface area (Å²) in [5.41, 5.74) is 1.48. The van der Waals surface area contributed by atoms with Crippen molar-refractivity contribution in [3.63, 3.8) is 0 Å². The Hall–Kier alpha value is -3.34. The van der Waals surface area contributed by atoms with Crippen LogP contribution in [0.25, 0.3) is 5.69 Å². The second kappa shape index (κ2) is 6.42. The van der Waals surface area contributed by atoms with E-state index in [1.54, 1.807) is 54.6 Å². The first-order valence-electron chi connectivity index (χ1n) is 7.38. The van der Waals surface area contributed by atoms with Gasteiger partial charge in [-0.25, -0.2) is 0 Å². The number of aromatic hydroxyl groups is 1. The minimum Gasteiger partial charge on any atom is -0.506 e. The zero-order valence-electron chi connectivity index (χ0n) is 12.7. The van der Waals surface area contributed by atoms with Gasteiger partial charge in [-0.2, -0.15) is 0 Å². The Morgan fingerprint density at radius 1 is 0.917 bits per heavy atom. The first kappa shape index (κ1) is 15.6. The van der Waals surface area contributed by atoms with Crippen LogP contribution >= 0.6 is 0 Å². The Labute approximate surface area is 138 Å². The lowest BCUT2D eigenvalue weighted by molar-refractivity contribution is -0.136. The van der Waals surface area contributed by atoms with Gasteiger partial charge in [0.15, 0.2) is 0 Å². The fraction of sp³-hybridized carbons (Fsp3) is 0.0526. The number of rotatable bonds is 5. The third kappa shape index (κ3) is 2.92. The Morgan fingerprint density at radius 2 is 1.50 bits per heavy atom. The number of para-hydroxylation sites is 1. The lowest BCUT2D eigenvalue weighted by atomic mass is 10.1. The zero-order chi connectivity index (χ0) is 17.1. The van der Waals surface area contributed by atoms with Gasteiger partial charge in [-0.1, -0.05) is 48.5 Å². The van der Waals surface area contributed by atoms with E-state index in [9.17, 15) is 14.7 Å². The molecule has 5 heteroatoms. The fourth-order valence-corrected chi connectivity index (χ4v) is 2.63. The number of carboxylic acid groups (broad SMARTS) is 1. The highest BCUT2D eigenvalue weighted by Gasteiger charge is 2.23. The number of hydrogen-bond acceptors (Lipinski definition) is 3. The molecule has 1 aromatic heterocycles. The van der Waals surface area contributed by atoms with E-state index in [4.69, 9.17) is 5.11 Å². The number of carboxylic acids is 1. The molecular weight excluding hydrogens is 306 g/mol. The number of ketones is 1. The number of aliphatic carboxylic acids is 1. The molecule has 0 unspecified atom stereocenters. The molecule has 0 aliphatic rings. The molecule has 0 spiro atoms. The van der Waals surface area contributed by atoms with Crippen LogP contribution in [0, 0.1) is 0 Å².